The third kappa shape index (κ3) is 4.32. The highest BCUT2D eigenvalue weighted by molar-refractivity contribution is 7.99. The molecule has 0 saturated heterocycles. The fraction of sp³-hybridized carbons (Fsp3) is 0.294. The van der Waals surface area contributed by atoms with Crippen LogP contribution in [0.5, 0.6) is 0 Å². The molecule has 0 aliphatic heterocycles. The van der Waals surface area contributed by atoms with Crippen molar-refractivity contribution in [3.63, 3.8) is 0 Å². The Morgan fingerprint density at radius 2 is 2.14 bits per heavy atom. The van der Waals surface area contributed by atoms with Crippen LogP contribution in [0.4, 0.5) is 0 Å². The lowest BCUT2D eigenvalue weighted by atomic mass is 10.2. The summed E-state index contributed by atoms with van der Waals surface area (Å²) in [6.45, 7) is 4.64. The molecule has 5 heteroatoms. The van der Waals surface area contributed by atoms with Crippen LogP contribution >= 0.6 is 11.8 Å². The molecule has 1 amide bonds. The van der Waals surface area contributed by atoms with Crippen molar-refractivity contribution in [2.75, 3.05) is 13.2 Å². The molecule has 1 heterocycles. The second-order valence-corrected chi connectivity index (χ2v) is 6.09. The summed E-state index contributed by atoms with van der Waals surface area (Å²) in [6, 6.07) is 9.75. The normalized spacial score (nSPS) is 10.5. The smallest absolute Gasteiger partial charge is 0.254 e. The van der Waals surface area contributed by atoms with Crippen molar-refractivity contribution >= 4 is 17.7 Å². The summed E-state index contributed by atoms with van der Waals surface area (Å²) in [5, 5.41) is 12.3. The van der Waals surface area contributed by atoms with E-state index in [4.69, 9.17) is 5.11 Å². The van der Waals surface area contributed by atoms with E-state index < -0.39 is 0 Å². The van der Waals surface area contributed by atoms with Crippen molar-refractivity contribution in [3.8, 4) is 0 Å². The number of aliphatic hydroxyl groups excluding tert-OH is 1. The Morgan fingerprint density at radius 3 is 2.86 bits per heavy atom. The van der Waals surface area contributed by atoms with Gasteiger partial charge in [-0.3, -0.25) is 4.79 Å². The van der Waals surface area contributed by atoms with Crippen molar-refractivity contribution in [3.05, 3.63) is 53.2 Å². The molecule has 0 radical (unpaired) electrons. The number of nitrogens with one attached hydrogen (secondary N) is 1. The van der Waals surface area contributed by atoms with Crippen LogP contribution < -0.4 is 5.32 Å². The van der Waals surface area contributed by atoms with E-state index in [-0.39, 0.29) is 12.5 Å². The number of hydrogen-bond acceptors (Lipinski definition) is 4. The van der Waals surface area contributed by atoms with E-state index >= 15 is 0 Å². The van der Waals surface area contributed by atoms with Gasteiger partial charge in [0.05, 0.1) is 5.56 Å². The van der Waals surface area contributed by atoms with Gasteiger partial charge in [0, 0.05) is 24.2 Å². The second kappa shape index (κ2) is 7.96. The predicted octanol–water partition coefficient (Wildman–Crippen LogP) is 2.96. The first kappa shape index (κ1) is 16.5. The lowest BCUT2D eigenvalue weighted by molar-refractivity contribution is 0.0947. The highest BCUT2D eigenvalue weighted by Crippen LogP contribution is 2.31. The maximum atomic E-state index is 12.2. The number of amides is 1. The summed E-state index contributed by atoms with van der Waals surface area (Å²) >= 11 is 1.50. The zero-order valence-corrected chi connectivity index (χ0v) is 13.6. The van der Waals surface area contributed by atoms with Crippen LogP contribution in [0.1, 0.15) is 27.9 Å². The zero-order chi connectivity index (χ0) is 15.9. The minimum absolute atomic E-state index is 0.0670. The molecule has 0 atom stereocenters. The number of aryl methyl sites for hydroxylation is 2. The Morgan fingerprint density at radius 1 is 1.32 bits per heavy atom. The topological polar surface area (TPSA) is 62.2 Å². The highest BCUT2D eigenvalue weighted by Gasteiger charge is 2.13. The van der Waals surface area contributed by atoms with Crippen molar-refractivity contribution < 1.29 is 9.90 Å². The quantitative estimate of drug-likeness (QED) is 0.804. The molecule has 22 heavy (non-hydrogen) atoms. The molecule has 0 aliphatic carbocycles. The van der Waals surface area contributed by atoms with Gasteiger partial charge < -0.3 is 10.4 Å². The number of rotatable bonds is 6. The van der Waals surface area contributed by atoms with Crippen molar-refractivity contribution in [2.24, 2.45) is 0 Å². The molecule has 4 nitrogen and oxygen atoms in total. The lowest BCUT2D eigenvalue weighted by Crippen LogP contribution is -2.25. The van der Waals surface area contributed by atoms with Gasteiger partial charge in [-0.2, -0.15) is 0 Å². The van der Waals surface area contributed by atoms with Crippen LogP contribution in [0.3, 0.4) is 0 Å². The Bertz CT molecular complexity index is 659. The van der Waals surface area contributed by atoms with E-state index in [9.17, 15) is 4.79 Å². The van der Waals surface area contributed by atoms with Gasteiger partial charge in [0.15, 0.2) is 0 Å². The first-order chi connectivity index (χ1) is 10.6. The van der Waals surface area contributed by atoms with E-state index in [1.165, 1.54) is 22.9 Å². The zero-order valence-electron chi connectivity index (χ0n) is 12.8. The van der Waals surface area contributed by atoms with Crippen LogP contribution in [-0.4, -0.2) is 29.1 Å². The maximum absolute atomic E-state index is 12.2. The first-order valence-corrected chi connectivity index (χ1v) is 8.02. The summed E-state index contributed by atoms with van der Waals surface area (Å²) in [7, 11) is 0. The highest BCUT2D eigenvalue weighted by atomic mass is 32.2. The number of aromatic nitrogens is 1. The molecule has 0 bridgehead atoms. The second-order valence-electron chi connectivity index (χ2n) is 5.06. The fourth-order valence-electron chi connectivity index (χ4n) is 2.04. The summed E-state index contributed by atoms with van der Waals surface area (Å²) < 4.78 is 0. The lowest BCUT2D eigenvalue weighted by Gasteiger charge is -2.10. The number of carbonyl (C=O) groups excluding carboxylic acids is 1. The largest absolute Gasteiger partial charge is 0.396 e. The molecule has 1 aromatic heterocycles. The van der Waals surface area contributed by atoms with Gasteiger partial charge in [0.2, 0.25) is 0 Å². The number of aliphatic hydroxyl groups is 1. The number of nitrogens with zero attached hydrogens (tertiary/aromatic N) is 1. The summed E-state index contributed by atoms with van der Waals surface area (Å²) in [4.78, 5) is 17.7. The molecule has 116 valence electrons. The molecule has 1 aromatic carbocycles. The molecule has 0 spiro atoms. The maximum Gasteiger partial charge on any atom is 0.254 e. The van der Waals surface area contributed by atoms with Gasteiger partial charge in [-0.15, -0.1) is 0 Å². The molecule has 0 saturated carbocycles. The van der Waals surface area contributed by atoms with Crippen molar-refractivity contribution in [2.45, 2.75) is 30.2 Å². The SMILES string of the molecule is Cc1ccc(Sc2ncccc2C(=O)NCCCO)c(C)c1. The third-order valence-corrected chi connectivity index (χ3v) is 4.37. The Balaban J connectivity index is 2.19. The van der Waals surface area contributed by atoms with Gasteiger partial charge in [-0.25, -0.2) is 4.98 Å². The molecule has 0 unspecified atom stereocenters. The molecular weight excluding hydrogens is 296 g/mol. The third-order valence-electron chi connectivity index (χ3n) is 3.17. The van der Waals surface area contributed by atoms with Crippen LogP contribution in [0.25, 0.3) is 0 Å². The minimum atomic E-state index is -0.159. The van der Waals surface area contributed by atoms with E-state index in [0.29, 0.717) is 23.6 Å². The number of carbonyl (C=O) groups is 1. The van der Waals surface area contributed by atoms with Crippen LogP contribution in [-0.2, 0) is 0 Å². The van der Waals surface area contributed by atoms with Crippen LogP contribution in [0.2, 0.25) is 0 Å². The van der Waals surface area contributed by atoms with Gasteiger partial charge in [0.25, 0.3) is 5.91 Å². The summed E-state index contributed by atoms with van der Waals surface area (Å²) in [5.74, 6) is -0.159. The van der Waals surface area contributed by atoms with Crippen LogP contribution in [0.15, 0.2) is 46.5 Å². The summed E-state index contributed by atoms with van der Waals surface area (Å²) in [6.07, 6.45) is 2.24. The predicted molar refractivity (Wildman–Crippen MR) is 88.3 cm³/mol. The number of hydrogen-bond donors (Lipinski definition) is 2. The Kier molecular flexibility index (Phi) is 5.98. The average Bonchev–Trinajstić information content (AvgIpc) is 2.51. The number of pyridine rings is 1. The molecule has 0 aliphatic rings. The molecule has 2 aromatic rings. The average molecular weight is 316 g/mol. The first-order valence-electron chi connectivity index (χ1n) is 7.21. The van der Waals surface area contributed by atoms with Gasteiger partial charge in [0.1, 0.15) is 5.03 Å². The van der Waals surface area contributed by atoms with E-state index in [2.05, 4.69) is 42.3 Å². The van der Waals surface area contributed by atoms with Crippen LogP contribution in [0, 0.1) is 13.8 Å². The fourth-order valence-corrected chi connectivity index (χ4v) is 2.99. The monoisotopic (exact) mass is 316 g/mol. The molecular formula is C17H20N2O2S. The molecule has 0 fully saturated rings. The standard InChI is InChI=1S/C17H20N2O2S/c1-12-6-7-15(13(2)11-12)22-17-14(5-3-8-19-17)16(21)18-9-4-10-20/h3,5-8,11,20H,4,9-10H2,1-2H3,(H,18,21). The van der Waals surface area contributed by atoms with E-state index in [1.807, 2.05) is 0 Å². The van der Waals surface area contributed by atoms with Gasteiger partial charge >= 0.3 is 0 Å². The van der Waals surface area contributed by atoms with Crippen molar-refractivity contribution in [1.82, 2.24) is 10.3 Å². The van der Waals surface area contributed by atoms with Crippen molar-refractivity contribution in [1.29, 1.82) is 0 Å². The summed E-state index contributed by atoms with van der Waals surface area (Å²) in [5.41, 5.74) is 2.94. The minimum Gasteiger partial charge on any atom is -0.396 e. The molecule has 2 rings (SSSR count). The Hall–Kier alpha value is -1.85. The molecule has 2 N–H and O–H groups in total. The van der Waals surface area contributed by atoms with Gasteiger partial charge in [-0.1, -0.05) is 29.5 Å². The van der Waals surface area contributed by atoms with Gasteiger partial charge in [-0.05, 0) is 44.0 Å². The van der Waals surface area contributed by atoms with E-state index in [1.54, 1.807) is 18.3 Å². The number of benzene rings is 1. The Labute approximate surface area is 135 Å². The van der Waals surface area contributed by atoms with E-state index in [0.717, 1.165) is 4.90 Å².